The second-order valence-corrected chi connectivity index (χ2v) is 5.61. The van der Waals surface area contributed by atoms with Crippen LogP contribution >= 0.6 is 0 Å². The predicted molar refractivity (Wildman–Crippen MR) is 77.5 cm³/mol. The van der Waals surface area contributed by atoms with Crippen molar-refractivity contribution in [2.75, 3.05) is 13.7 Å². The van der Waals surface area contributed by atoms with Crippen LogP contribution in [0.2, 0.25) is 0 Å². The van der Waals surface area contributed by atoms with Gasteiger partial charge in [0.15, 0.2) is 5.82 Å². The molecule has 1 aliphatic rings. The summed E-state index contributed by atoms with van der Waals surface area (Å²) in [4.78, 5) is 2.41. The fraction of sp³-hybridized carbons (Fsp3) is 0.643. The van der Waals surface area contributed by atoms with Gasteiger partial charge >= 0.3 is 0 Å². The van der Waals surface area contributed by atoms with E-state index in [1.807, 2.05) is 18.7 Å². The summed E-state index contributed by atoms with van der Waals surface area (Å²) in [6, 6.07) is 2.38. The molecule has 0 saturated carbocycles. The minimum Gasteiger partial charge on any atom is -0.377 e. The van der Waals surface area contributed by atoms with Gasteiger partial charge in [0, 0.05) is 33.8 Å². The van der Waals surface area contributed by atoms with Crippen LogP contribution < -0.4 is 0 Å². The molecular formula is C14H22N6O. The molecule has 0 bridgehead atoms. The summed E-state index contributed by atoms with van der Waals surface area (Å²) in [6.07, 6.45) is 0. The summed E-state index contributed by atoms with van der Waals surface area (Å²) in [7, 11) is 3.68. The molecule has 0 N–H and O–H groups in total. The van der Waals surface area contributed by atoms with E-state index in [0.717, 1.165) is 37.0 Å². The van der Waals surface area contributed by atoms with E-state index in [2.05, 4.69) is 37.8 Å². The van der Waals surface area contributed by atoms with E-state index in [-0.39, 0.29) is 6.04 Å². The number of fused-ring (bicyclic) bond motifs is 1. The van der Waals surface area contributed by atoms with Gasteiger partial charge in [0.1, 0.15) is 12.4 Å². The van der Waals surface area contributed by atoms with Gasteiger partial charge in [-0.1, -0.05) is 0 Å². The SMILES string of the molecule is COCc1nnc2n1CCN(Cc1cc(C)nn1C)[C@H]2C. The zero-order chi connectivity index (χ0) is 15.0. The van der Waals surface area contributed by atoms with E-state index in [0.29, 0.717) is 6.61 Å². The second-order valence-electron chi connectivity index (χ2n) is 5.61. The average molecular weight is 290 g/mol. The maximum atomic E-state index is 5.18. The lowest BCUT2D eigenvalue weighted by atomic mass is 10.2. The van der Waals surface area contributed by atoms with Crippen LogP contribution in [-0.4, -0.2) is 43.1 Å². The van der Waals surface area contributed by atoms with Crippen LogP contribution in [0, 0.1) is 6.92 Å². The first-order valence-electron chi connectivity index (χ1n) is 7.24. The normalized spacial score (nSPS) is 19.0. The topological polar surface area (TPSA) is 61.0 Å². The van der Waals surface area contributed by atoms with E-state index in [4.69, 9.17) is 4.74 Å². The number of methoxy groups -OCH3 is 1. The third-order valence-corrected chi connectivity index (χ3v) is 4.13. The Morgan fingerprint density at radius 2 is 2.14 bits per heavy atom. The van der Waals surface area contributed by atoms with Crippen LogP contribution in [0.3, 0.4) is 0 Å². The summed E-state index contributed by atoms with van der Waals surface area (Å²) in [5.74, 6) is 1.93. The maximum Gasteiger partial charge on any atom is 0.159 e. The molecule has 0 spiro atoms. The van der Waals surface area contributed by atoms with Gasteiger partial charge < -0.3 is 9.30 Å². The highest BCUT2D eigenvalue weighted by Gasteiger charge is 2.28. The minimum atomic E-state index is 0.243. The fourth-order valence-corrected chi connectivity index (χ4v) is 2.96. The van der Waals surface area contributed by atoms with Crippen molar-refractivity contribution in [1.82, 2.24) is 29.4 Å². The molecule has 2 aromatic heterocycles. The van der Waals surface area contributed by atoms with Crippen molar-refractivity contribution >= 4 is 0 Å². The van der Waals surface area contributed by atoms with Gasteiger partial charge in [0.2, 0.25) is 0 Å². The van der Waals surface area contributed by atoms with Crippen LogP contribution in [0.4, 0.5) is 0 Å². The average Bonchev–Trinajstić information content (AvgIpc) is 2.98. The Morgan fingerprint density at radius 3 is 2.81 bits per heavy atom. The van der Waals surface area contributed by atoms with E-state index >= 15 is 0 Å². The second kappa shape index (κ2) is 5.57. The Hall–Kier alpha value is -1.73. The highest BCUT2D eigenvalue weighted by atomic mass is 16.5. The van der Waals surface area contributed by atoms with Gasteiger partial charge in [-0.2, -0.15) is 5.10 Å². The minimum absolute atomic E-state index is 0.243. The molecule has 21 heavy (non-hydrogen) atoms. The lowest BCUT2D eigenvalue weighted by Gasteiger charge is -2.33. The van der Waals surface area contributed by atoms with E-state index in [1.54, 1.807) is 7.11 Å². The van der Waals surface area contributed by atoms with Gasteiger partial charge in [0.25, 0.3) is 0 Å². The first-order valence-corrected chi connectivity index (χ1v) is 7.24. The molecule has 7 nitrogen and oxygen atoms in total. The Labute approximate surface area is 124 Å². The van der Waals surface area contributed by atoms with Crippen molar-refractivity contribution in [2.45, 2.75) is 39.6 Å². The summed E-state index contributed by atoms with van der Waals surface area (Å²) in [5.41, 5.74) is 2.28. The van der Waals surface area contributed by atoms with Crippen LogP contribution in [-0.2, 0) is 31.5 Å². The summed E-state index contributed by atoms with van der Waals surface area (Å²) in [5, 5.41) is 13.0. The van der Waals surface area contributed by atoms with Gasteiger partial charge in [-0.25, -0.2) is 0 Å². The summed E-state index contributed by atoms with van der Waals surface area (Å²) in [6.45, 7) is 7.48. The molecule has 1 atom stereocenters. The highest BCUT2D eigenvalue weighted by molar-refractivity contribution is 5.10. The van der Waals surface area contributed by atoms with Gasteiger partial charge in [-0.3, -0.25) is 9.58 Å². The molecule has 1 aliphatic heterocycles. The molecule has 0 radical (unpaired) electrons. The van der Waals surface area contributed by atoms with Gasteiger partial charge in [-0.05, 0) is 19.9 Å². The van der Waals surface area contributed by atoms with Crippen molar-refractivity contribution in [1.29, 1.82) is 0 Å². The molecule has 0 saturated heterocycles. The van der Waals surface area contributed by atoms with Gasteiger partial charge in [0.05, 0.1) is 17.4 Å². The summed E-state index contributed by atoms with van der Waals surface area (Å²) >= 11 is 0. The van der Waals surface area contributed by atoms with E-state index in [1.165, 1.54) is 5.69 Å². The molecule has 0 fully saturated rings. The van der Waals surface area contributed by atoms with Crippen LogP contribution in [0.15, 0.2) is 6.07 Å². The molecule has 0 unspecified atom stereocenters. The number of rotatable bonds is 4. The zero-order valence-corrected chi connectivity index (χ0v) is 13.1. The number of ether oxygens (including phenoxy) is 1. The van der Waals surface area contributed by atoms with Crippen molar-refractivity contribution in [3.8, 4) is 0 Å². The van der Waals surface area contributed by atoms with Crippen LogP contribution in [0.25, 0.3) is 0 Å². The molecular weight excluding hydrogens is 268 g/mol. The smallest absolute Gasteiger partial charge is 0.159 e. The molecule has 7 heteroatoms. The van der Waals surface area contributed by atoms with E-state index in [9.17, 15) is 0 Å². The zero-order valence-electron chi connectivity index (χ0n) is 13.1. The molecule has 114 valence electrons. The fourth-order valence-electron chi connectivity index (χ4n) is 2.96. The standard InChI is InChI=1S/C14H22N6O/c1-10-7-12(18(3)17-10)8-19-5-6-20-13(9-21-4)15-16-14(20)11(19)2/h7,11H,5-6,8-9H2,1-4H3/t11-/m0/s1. The Morgan fingerprint density at radius 1 is 1.33 bits per heavy atom. The Bertz CT molecular complexity index is 631. The number of hydrogen-bond acceptors (Lipinski definition) is 5. The maximum absolute atomic E-state index is 5.18. The number of nitrogens with zero attached hydrogens (tertiary/aromatic N) is 6. The Kier molecular flexibility index (Phi) is 3.77. The molecule has 3 heterocycles. The molecule has 0 aliphatic carbocycles. The first kappa shape index (κ1) is 14.2. The van der Waals surface area contributed by atoms with E-state index < -0.39 is 0 Å². The lowest BCUT2D eigenvalue weighted by molar-refractivity contribution is 0.140. The third-order valence-electron chi connectivity index (χ3n) is 4.13. The van der Waals surface area contributed by atoms with Crippen molar-refractivity contribution in [3.63, 3.8) is 0 Å². The Balaban J connectivity index is 1.79. The summed E-state index contributed by atoms with van der Waals surface area (Å²) < 4.78 is 9.32. The molecule has 0 aromatic carbocycles. The van der Waals surface area contributed by atoms with Crippen LogP contribution in [0.5, 0.6) is 0 Å². The van der Waals surface area contributed by atoms with Crippen molar-refractivity contribution in [3.05, 3.63) is 29.1 Å². The predicted octanol–water partition coefficient (Wildman–Crippen LogP) is 1.04. The first-order chi connectivity index (χ1) is 10.1. The third kappa shape index (κ3) is 2.58. The molecule has 3 rings (SSSR count). The number of hydrogen-bond donors (Lipinski definition) is 0. The van der Waals surface area contributed by atoms with Crippen LogP contribution in [0.1, 0.15) is 36.0 Å². The molecule has 2 aromatic rings. The highest BCUT2D eigenvalue weighted by Crippen LogP contribution is 2.26. The lowest BCUT2D eigenvalue weighted by Crippen LogP contribution is -2.37. The van der Waals surface area contributed by atoms with Gasteiger partial charge in [-0.15, -0.1) is 10.2 Å². The van der Waals surface area contributed by atoms with Crippen molar-refractivity contribution < 1.29 is 4.74 Å². The number of aryl methyl sites for hydroxylation is 2. The monoisotopic (exact) mass is 290 g/mol. The largest absolute Gasteiger partial charge is 0.377 e. The molecule has 0 amide bonds. The number of aromatic nitrogens is 5. The quantitative estimate of drug-likeness (QED) is 0.842. The van der Waals surface area contributed by atoms with Crippen molar-refractivity contribution in [2.24, 2.45) is 7.05 Å².